The molecule has 2 aromatic carbocycles. The highest BCUT2D eigenvalue weighted by atomic mass is 35.5. The molecule has 3 rings (SSSR count). The lowest BCUT2D eigenvalue weighted by molar-refractivity contribution is -0.131. The second kappa shape index (κ2) is 13.5. The van der Waals surface area contributed by atoms with Gasteiger partial charge in [-0.05, 0) is 66.2 Å². The van der Waals surface area contributed by atoms with Crippen LogP contribution in [0.1, 0.15) is 16.0 Å². The van der Waals surface area contributed by atoms with Gasteiger partial charge in [0.05, 0.1) is 32.3 Å². The van der Waals surface area contributed by atoms with Gasteiger partial charge in [0.2, 0.25) is 15.9 Å². The number of hydrogen-bond donors (Lipinski definition) is 0. The summed E-state index contributed by atoms with van der Waals surface area (Å²) in [7, 11) is -0.991. The fourth-order valence-electron chi connectivity index (χ4n) is 3.79. The molecule has 0 aliphatic carbocycles. The Balaban J connectivity index is 1.87. The maximum atomic E-state index is 13.6. The Labute approximate surface area is 238 Å². The zero-order valence-electron chi connectivity index (χ0n) is 21.4. The Morgan fingerprint density at radius 1 is 1.08 bits per heavy atom. The van der Waals surface area contributed by atoms with Gasteiger partial charge in [0.1, 0.15) is 4.90 Å². The number of ether oxygens (including phenoxy) is 2. The lowest BCUT2D eigenvalue weighted by Gasteiger charge is -2.27. The van der Waals surface area contributed by atoms with Crippen LogP contribution in [0.4, 0.5) is 0 Å². The van der Waals surface area contributed by atoms with Crippen LogP contribution in [0.25, 0.3) is 0 Å². The standard InChI is InChI=1S/C27H30Cl2N2O5S2/c1-5-12-31(38(33,34)26-16-21(28)7-8-22(26)29)18-27(32)30(17-25-19(2)11-14-37-25)13-10-20-6-9-23(35-3)24(15-20)36-4/h5-9,11,14-16H,1,10,12-13,17-18H2,2-4H3. The summed E-state index contributed by atoms with van der Waals surface area (Å²) in [6, 6.07) is 11.8. The molecule has 0 saturated heterocycles. The largest absolute Gasteiger partial charge is 0.493 e. The van der Waals surface area contributed by atoms with Crippen molar-refractivity contribution in [2.24, 2.45) is 0 Å². The second-order valence-corrected chi connectivity index (χ2v) is 12.2. The molecule has 0 unspecified atom stereocenters. The number of thiophene rings is 1. The smallest absolute Gasteiger partial charge is 0.245 e. The van der Waals surface area contributed by atoms with E-state index in [-0.39, 0.29) is 33.9 Å². The normalized spacial score (nSPS) is 11.4. The summed E-state index contributed by atoms with van der Waals surface area (Å²) in [6.07, 6.45) is 1.96. The van der Waals surface area contributed by atoms with Crippen LogP contribution in [-0.2, 0) is 27.8 Å². The summed E-state index contributed by atoms with van der Waals surface area (Å²) in [6.45, 7) is 5.92. The number of methoxy groups -OCH3 is 2. The van der Waals surface area contributed by atoms with Crippen molar-refractivity contribution in [2.75, 3.05) is 33.9 Å². The van der Waals surface area contributed by atoms with Crippen molar-refractivity contribution in [2.45, 2.75) is 24.8 Å². The predicted molar refractivity (Wildman–Crippen MR) is 153 cm³/mol. The lowest BCUT2D eigenvalue weighted by atomic mass is 10.1. The molecule has 0 spiro atoms. The van der Waals surface area contributed by atoms with Gasteiger partial charge >= 0.3 is 0 Å². The molecule has 1 aromatic heterocycles. The SMILES string of the molecule is C=CCN(CC(=O)N(CCc1ccc(OC)c(OC)c1)Cc1sccc1C)S(=O)(=O)c1cc(Cl)ccc1Cl. The molecule has 7 nitrogen and oxygen atoms in total. The summed E-state index contributed by atoms with van der Waals surface area (Å²) in [5.41, 5.74) is 2.02. The Morgan fingerprint density at radius 3 is 2.45 bits per heavy atom. The minimum Gasteiger partial charge on any atom is -0.493 e. The first-order valence-electron chi connectivity index (χ1n) is 11.7. The topological polar surface area (TPSA) is 76.2 Å². The third kappa shape index (κ3) is 7.30. The van der Waals surface area contributed by atoms with E-state index < -0.39 is 10.0 Å². The second-order valence-electron chi connectivity index (χ2n) is 8.44. The summed E-state index contributed by atoms with van der Waals surface area (Å²) < 4.78 is 38.7. The number of amides is 1. The zero-order valence-corrected chi connectivity index (χ0v) is 24.6. The van der Waals surface area contributed by atoms with E-state index >= 15 is 0 Å². The van der Waals surface area contributed by atoms with Crippen LogP contribution >= 0.6 is 34.5 Å². The van der Waals surface area contributed by atoms with Crippen molar-refractivity contribution >= 4 is 50.5 Å². The van der Waals surface area contributed by atoms with Gasteiger partial charge in [0, 0.05) is 23.0 Å². The van der Waals surface area contributed by atoms with Gasteiger partial charge in [0.15, 0.2) is 11.5 Å². The van der Waals surface area contributed by atoms with Crippen molar-refractivity contribution in [3.63, 3.8) is 0 Å². The van der Waals surface area contributed by atoms with Crippen molar-refractivity contribution < 1.29 is 22.7 Å². The highest BCUT2D eigenvalue weighted by molar-refractivity contribution is 7.89. The summed E-state index contributed by atoms with van der Waals surface area (Å²) >= 11 is 13.8. The molecular formula is C27H30Cl2N2O5S2. The van der Waals surface area contributed by atoms with Crippen molar-refractivity contribution in [3.8, 4) is 11.5 Å². The quantitative estimate of drug-likeness (QED) is 0.232. The number of carbonyl (C=O) groups excluding carboxylic acids is 1. The predicted octanol–water partition coefficient (Wildman–Crippen LogP) is 5.83. The number of carbonyl (C=O) groups is 1. The van der Waals surface area contributed by atoms with E-state index in [1.807, 2.05) is 36.6 Å². The highest BCUT2D eigenvalue weighted by Gasteiger charge is 2.30. The van der Waals surface area contributed by atoms with Crippen LogP contribution in [-0.4, -0.2) is 57.4 Å². The molecule has 1 heterocycles. The van der Waals surface area contributed by atoms with E-state index in [1.165, 1.54) is 24.3 Å². The Kier molecular flexibility index (Phi) is 10.6. The molecule has 0 saturated carbocycles. The summed E-state index contributed by atoms with van der Waals surface area (Å²) in [5.74, 6) is 0.865. The summed E-state index contributed by atoms with van der Waals surface area (Å²) in [4.78, 5) is 16.2. The van der Waals surface area contributed by atoms with E-state index in [0.29, 0.717) is 31.0 Å². The molecule has 0 aliphatic heterocycles. The Bertz CT molecular complexity index is 1390. The number of nitrogens with zero attached hydrogens (tertiary/aromatic N) is 2. The third-order valence-corrected chi connectivity index (χ3v) is 9.47. The van der Waals surface area contributed by atoms with Gasteiger partial charge in [-0.3, -0.25) is 4.79 Å². The van der Waals surface area contributed by atoms with Crippen LogP contribution in [0.3, 0.4) is 0 Å². The Morgan fingerprint density at radius 2 is 1.82 bits per heavy atom. The first-order valence-corrected chi connectivity index (χ1v) is 14.8. The first-order chi connectivity index (χ1) is 18.1. The van der Waals surface area contributed by atoms with Gasteiger partial charge in [-0.2, -0.15) is 4.31 Å². The van der Waals surface area contributed by atoms with Crippen molar-refractivity contribution in [3.05, 3.63) is 86.5 Å². The molecule has 3 aromatic rings. The number of rotatable bonds is 13. The van der Waals surface area contributed by atoms with E-state index in [0.717, 1.165) is 20.3 Å². The van der Waals surface area contributed by atoms with E-state index in [1.54, 1.807) is 30.5 Å². The molecule has 1 amide bonds. The molecule has 0 bridgehead atoms. The third-order valence-electron chi connectivity index (χ3n) is 5.93. The van der Waals surface area contributed by atoms with Gasteiger partial charge in [-0.1, -0.05) is 35.3 Å². The fraction of sp³-hybridized carbons (Fsp3) is 0.296. The summed E-state index contributed by atoms with van der Waals surface area (Å²) in [5, 5.41) is 2.22. The fourth-order valence-corrected chi connectivity index (χ4v) is 6.81. The average Bonchev–Trinajstić information content (AvgIpc) is 3.31. The van der Waals surface area contributed by atoms with Gasteiger partial charge in [-0.15, -0.1) is 17.9 Å². The van der Waals surface area contributed by atoms with Gasteiger partial charge < -0.3 is 14.4 Å². The van der Waals surface area contributed by atoms with Gasteiger partial charge in [0.25, 0.3) is 0 Å². The number of benzene rings is 2. The van der Waals surface area contributed by atoms with Gasteiger partial charge in [-0.25, -0.2) is 8.42 Å². The average molecular weight is 598 g/mol. The maximum absolute atomic E-state index is 13.6. The molecule has 0 atom stereocenters. The minimum atomic E-state index is -4.13. The van der Waals surface area contributed by atoms with E-state index in [4.69, 9.17) is 32.7 Å². The highest BCUT2D eigenvalue weighted by Crippen LogP contribution is 2.29. The number of aryl methyl sites for hydroxylation is 1. The molecule has 0 radical (unpaired) electrons. The van der Waals surface area contributed by atoms with Crippen molar-refractivity contribution in [1.82, 2.24) is 9.21 Å². The number of sulfonamides is 1. The van der Waals surface area contributed by atoms with Crippen LogP contribution in [0.2, 0.25) is 10.0 Å². The van der Waals surface area contributed by atoms with Crippen LogP contribution < -0.4 is 9.47 Å². The number of hydrogen-bond acceptors (Lipinski definition) is 6. The molecule has 11 heteroatoms. The molecule has 204 valence electrons. The maximum Gasteiger partial charge on any atom is 0.245 e. The first kappa shape index (κ1) is 30.0. The molecule has 0 fully saturated rings. The molecule has 0 N–H and O–H groups in total. The van der Waals surface area contributed by atoms with Crippen molar-refractivity contribution in [1.29, 1.82) is 0 Å². The van der Waals surface area contributed by atoms with Crippen LogP contribution in [0.15, 0.2) is 65.4 Å². The molecule has 38 heavy (non-hydrogen) atoms. The molecular weight excluding hydrogens is 567 g/mol. The zero-order chi connectivity index (χ0) is 27.9. The monoisotopic (exact) mass is 596 g/mol. The van der Waals surface area contributed by atoms with E-state index in [2.05, 4.69) is 6.58 Å². The number of halogens is 2. The Hall–Kier alpha value is -2.56. The van der Waals surface area contributed by atoms with Crippen LogP contribution in [0.5, 0.6) is 11.5 Å². The van der Waals surface area contributed by atoms with Crippen LogP contribution in [0, 0.1) is 6.92 Å². The molecule has 0 aliphatic rings. The minimum absolute atomic E-state index is 0.0235. The lowest BCUT2D eigenvalue weighted by Crippen LogP contribution is -2.43. The van der Waals surface area contributed by atoms with E-state index in [9.17, 15) is 13.2 Å².